The van der Waals surface area contributed by atoms with E-state index in [0.717, 1.165) is 16.8 Å². The molecule has 25 heavy (non-hydrogen) atoms. The van der Waals surface area contributed by atoms with Gasteiger partial charge in [0.1, 0.15) is 5.82 Å². The summed E-state index contributed by atoms with van der Waals surface area (Å²) in [4.78, 5) is 22.1. The van der Waals surface area contributed by atoms with Crippen LogP contribution >= 0.6 is 11.6 Å². The summed E-state index contributed by atoms with van der Waals surface area (Å²) in [6, 6.07) is 16.6. The van der Waals surface area contributed by atoms with Gasteiger partial charge in [-0.05, 0) is 48.9 Å². The van der Waals surface area contributed by atoms with Crippen LogP contribution in [0.1, 0.15) is 5.56 Å². The Balaban J connectivity index is 2.16. The molecule has 0 spiro atoms. The summed E-state index contributed by atoms with van der Waals surface area (Å²) in [7, 11) is 0. The molecule has 2 aromatic heterocycles. The first-order valence-electron chi connectivity index (χ1n) is 7.84. The first-order valence-corrected chi connectivity index (χ1v) is 8.21. The number of rotatable bonds is 2. The van der Waals surface area contributed by atoms with Gasteiger partial charge in [-0.15, -0.1) is 0 Å². The number of aryl methyl sites for hydroxylation is 1. The Morgan fingerprint density at radius 2 is 1.76 bits per heavy atom. The average molecular weight is 348 g/mol. The summed E-state index contributed by atoms with van der Waals surface area (Å²) in [5.74, 6) is 0.580. The predicted octanol–water partition coefficient (Wildman–Crippen LogP) is 4.41. The molecule has 0 unspecified atom stereocenters. The molecule has 0 N–H and O–H groups in total. The maximum Gasteiger partial charge on any atom is 0.266 e. The van der Waals surface area contributed by atoms with Crippen LogP contribution in [0, 0.1) is 6.92 Å². The minimum Gasteiger partial charge on any atom is -0.268 e. The molecule has 4 aromatic rings. The number of hydrogen-bond acceptors (Lipinski definition) is 3. The quantitative estimate of drug-likeness (QED) is 0.539. The molecule has 4 rings (SSSR count). The Kier molecular flexibility index (Phi) is 3.82. The van der Waals surface area contributed by atoms with E-state index in [1.165, 1.54) is 0 Å². The second-order valence-electron chi connectivity index (χ2n) is 5.76. The fourth-order valence-corrected chi connectivity index (χ4v) is 3.06. The molecular formula is C20H14ClN3O. The fraction of sp³-hybridized carbons (Fsp3) is 0.0500. The van der Waals surface area contributed by atoms with Gasteiger partial charge in [0.15, 0.2) is 0 Å². The van der Waals surface area contributed by atoms with E-state index in [-0.39, 0.29) is 5.56 Å². The van der Waals surface area contributed by atoms with Gasteiger partial charge in [-0.2, -0.15) is 0 Å². The first kappa shape index (κ1) is 15.5. The van der Waals surface area contributed by atoms with Gasteiger partial charge in [0, 0.05) is 23.0 Å². The van der Waals surface area contributed by atoms with Crippen LogP contribution in [0.3, 0.4) is 0 Å². The summed E-state index contributed by atoms with van der Waals surface area (Å²) >= 11 is 6.09. The Morgan fingerprint density at radius 3 is 2.52 bits per heavy atom. The highest BCUT2D eigenvalue weighted by atomic mass is 35.5. The largest absolute Gasteiger partial charge is 0.268 e. The number of fused-ring (bicyclic) bond motifs is 1. The minimum atomic E-state index is -0.145. The van der Waals surface area contributed by atoms with Gasteiger partial charge in [-0.25, -0.2) is 4.98 Å². The van der Waals surface area contributed by atoms with Crippen LogP contribution in [0.2, 0.25) is 5.02 Å². The molecule has 0 aliphatic rings. The fourth-order valence-electron chi connectivity index (χ4n) is 2.89. The van der Waals surface area contributed by atoms with Gasteiger partial charge < -0.3 is 0 Å². The van der Waals surface area contributed by atoms with Crippen molar-refractivity contribution in [2.24, 2.45) is 0 Å². The van der Waals surface area contributed by atoms with Gasteiger partial charge in [0.2, 0.25) is 0 Å². The van der Waals surface area contributed by atoms with E-state index in [9.17, 15) is 4.79 Å². The normalized spacial score (nSPS) is 11.0. The highest BCUT2D eigenvalue weighted by Crippen LogP contribution is 2.24. The van der Waals surface area contributed by atoms with E-state index in [1.807, 2.05) is 43.3 Å². The third-order valence-corrected chi connectivity index (χ3v) is 4.36. The zero-order valence-corrected chi connectivity index (χ0v) is 14.2. The second-order valence-corrected chi connectivity index (χ2v) is 6.20. The molecule has 0 atom stereocenters. The Bertz CT molecular complexity index is 1140. The standard InChI is InChI=1S/C20H14ClN3O/c1-13-4-2-3-5-18(13)24-19(14-8-10-22-11-9-14)23-17-7-6-15(21)12-16(17)20(24)25/h2-12H,1H3. The van der Waals surface area contributed by atoms with Crippen LogP contribution in [0.25, 0.3) is 28.0 Å². The van der Waals surface area contributed by atoms with Crippen LogP contribution in [0.4, 0.5) is 0 Å². The van der Waals surface area contributed by atoms with Gasteiger partial charge >= 0.3 is 0 Å². The SMILES string of the molecule is Cc1ccccc1-n1c(-c2ccncc2)nc2ccc(Cl)cc2c1=O. The zero-order valence-electron chi connectivity index (χ0n) is 13.5. The molecule has 5 heteroatoms. The minimum absolute atomic E-state index is 0.145. The lowest BCUT2D eigenvalue weighted by Crippen LogP contribution is -2.22. The zero-order chi connectivity index (χ0) is 17.4. The molecule has 0 aliphatic carbocycles. The van der Waals surface area contributed by atoms with Gasteiger partial charge in [-0.3, -0.25) is 14.3 Å². The van der Waals surface area contributed by atoms with Crippen molar-refractivity contribution in [3.05, 3.63) is 87.9 Å². The maximum atomic E-state index is 13.3. The van der Waals surface area contributed by atoms with Crippen molar-refractivity contribution in [3.8, 4) is 17.1 Å². The van der Waals surface area contributed by atoms with Crippen molar-refractivity contribution >= 4 is 22.5 Å². The average Bonchev–Trinajstić information content (AvgIpc) is 2.64. The summed E-state index contributed by atoms with van der Waals surface area (Å²) in [6.45, 7) is 1.97. The summed E-state index contributed by atoms with van der Waals surface area (Å²) in [5, 5.41) is 1.01. The third kappa shape index (κ3) is 2.71. The van der Waals surface area contributed by atoms with Crippen molar-refractivity contribution in [1.29, 1.82) is 0 Å². The first-order chi connectivity index (χ1) is 12.1. The summed E-state index contributed by atoms with van der Waals surface area (Å²) < 4.78 is 1.64. The molecule has 0 amide bonds. The Morgan fingerprint density at radius 1 is 1.00 bits per heavy atom. The highest BCUT2D eigenvalue weighted by molar-refractivity contribution is 6.31. The highest BCUT2D eigenvalue weighted by Gasteiger charge is 2.15. The number of halogens is 1. The van der Waals surface area contributed by atoms with Crippen LogP contribution < -0.4 is 5.56 Å². The predicted molar refractivity (Wildman–Crippen MR) is 100 cm³/mol. The van der Waals surface area contributed by atoms with E-state index in [0.29, 0.717) is 21.7 Å². The van der Waals surface area contributed by atoms with E-state index in [2.05, 4.69) is 4.98 Å². The van der Waals surface area contributed by atoms with Gasteiger partial charge in [-0.1, -0.05) is 29.8 Å². The van der Waals surface area contributed by atoms with E-state index >= 15 is 0 Å². The molecule has 0 saturated heterocycles. The lowest BCUT2D eigenvalue weighted by atomic mass is 10.1. The molecule has 0 aliphatic heterocycles. The number of hydrogen-bond donors (Lipinski definition) is 0. The molecular weight excluding hydrogens is 334 g/mol. The number of benzene rings is 2. The van der Waals surface area contributed by atoms with Crippen LogP contribution in [-0.4, -0.2) is 14.5 Å². The molecule has 2 aromatic carbocycles. The molecule has 2 heterocycles. The smallest absolute Gasteiger partial charge is 0.266 e. The second kappa shape index (κ2) is 6.15. The lowest BCUT2D eigenvalue weighted by molar-refractivity contribution is 0.964. The van der Waals surface area contributed by atoms with Crippen LogP contribution in [-0.2, 0) is 0 Å². The van der Waals surface area contributed by atoms with E-state index < -0.39 is 0 Å². The number of nitrogens with zero attached hydrogens (tertiary/aromatic N) is 3. The number of pyridine rings is 1. The van der Waals surface area contributed by atoms with Crippen molar-refractivity contribution in [2.75, 3.05) is 0 Å². The van der Waals surface area contributed by atoms with Crippen LogP contribution in [0.5, 0.6) is 0 Å². The molecule has 0 radical (unpaired) electrons. The number of para-hydroxylation sites is 1. The Hall–Kier alpha value is -2.98. The summed E-state index contributed by atoms with van der Waals surface area (Å²) in [5.41, 5.74) is 3.09. The van der Waals surface area contributed by atoms with Crippen molar-refractivity contribution < 1.29 is 0 Å². The van der Waals surface area contributed by atoms with Gasteiger partial charge in [0.25, 0.3) is 5.56 Å². The molecule has 4 nitrogen and oxygen atoms in total. The third-order valence-electron chi connectivity index (χ3n) is 4.13. The number of aromatic nitrogens is 3. The van der Waals surface area contributed by atoms with Crippen molar-refractivity contribution in [3.63, 3.8) is 0 Å². The molecule has 0 saturated carbocycles. The molecule has 122 valence electrons. The van der Waals surface area contributed by atoms with E-state index in [4.69, 9.17) is 16.6 Å². The maximum absolute atomic E-state index is 13.3. The van der Waals surface area contributed by atoms with E-state index in [1.54, 1.807) is 35.2 Å². The monoisotopic (exact) mass is 347 g/mol. The van der Waals surface area contributed by atoms with Crippen molar-refractivity contribution in [1.82, 2.24) is 14.5 Å². The summed E-state index contributed by atoms with van der Waals surface area (Å²) in [6.07, 6.45) is 3.38. The van der Waals surface area contributed by atoms with Gasteiger partial charge in [0.05, 0.1) is 16.6 Å². The van der Waals surface area contributed by atoms with Crippen LogP contribution in [0.15, 0.2) is 71.8 Å². The van der Waals surface area contributed by atoms with Crippen molar-refractivity contribution in [2.45, 2.75) is 6.92 Å². The lowest BCUT2D eigenvalue weighted by Gasteiger charge is -2.15. The molecule has 0 bridgehead atoms. The Labute approximate surface area is 149 Å². The molecule has 0 fully saturated rings. The topological polar surface area (TPSA) is 47.8 Å².